The molecule has 1 heterocycles. The Morgan fingerprint density at radius 3 is 2.71 bits per heavy atom. The van der Waals surface area contributed by atoms with Crippen LogP contribution in [0.15, 0.2) is 6.33 Å². The molecule has 2 N–H and O–H groups in total. The average Bonchev–Trinajstić information content (AvgIpc) is 2.36. The fourth-order valence-corrected chi connectivity index (χ4v) is 2.12. The molecule has 0 atom stereocenters. The van der Waals surface area contributed by atoms with Crippen LogP contribution in [0.2, 0.25) is 0 Å². The fourth-order valence-electron chi connectivity index (χ4n) is 1.69. The topological polar surface area (TPSA) is 49.8 Å². The van der Waals surface area contributed by atoms with Gasteiger partial charge in [0.1, 0.15) is 18.0 Å². The highest BCUT2D eigenvalue weighted by Crippen LogP contribution is 2.21. The van der Waals surface area contributed by atoms with Crippen LogP contribution in [0.1, 0.15) is 25.3 Å². The first-order valence-corrected chi connectivity index (χ1v) is 7.47. The van der Waals surface area contributed by atoms with E-state index in [1.807, 2.05) is 18.8 Å². The van der Waals surface area contributed by atoms with Crippen molar-refractivity contribution in [1.82, 2.24) is 9.97 Å². The van der Waals surface area contributed by atoms with Crippen LogP contribution in [-0.4, -0.2) is 35.6 Å². The first kappa shape index (κ1) is 14.1. The number of hydrogen-bond donors (Lipinski definition) is 2. The van der Waals surface area contributed by atoms with Gasteiger partial charge in [-0.25, -0.2) is 9.97 Å². The molecule has 0 aliphatic heterocycles. The lowest BCUT2D eigenvalue weighted by molar-refractivity contribution is 0.892. The molecule has 0 aliphatic rings. The molecule has 0 spiro atoms. The second-order valence-electron chi connectivity index (χ2n) is 3.82. The Labute approximate surface area is 108 Å². The molecule has 0 radical (unpaired) electrons. The summed E-state index contributed by atoms with van der Waals surface area (Å²) in [6.45, 7) is 3.14. The van der Waals surface area contributed by atoms with Crippen molar-refractivity contribution < 1.29 is 0 Å². The monoisotopic (exact) mass is 254 g/mol. The van der Waals surface area contributed by atoms with E-state index >= 15 is 0 Å². The Kier molecular flexibility index (Phi) is 6.77. The molecule has 5 heteroatoms. The van der Waals surface area contributed by atoms with Crippen molar-refractivity contribution in [2.24, 2.45) is 0 Å². The van der Waals surface area contributed by atoms with Gasteiger partial charge >= 0.3 is 0 Å². The van der Waals surface area contributed by atoms with E-state index in [9.17, 15) is 0 Å². The molecule has 0 unspecified atom stereocenters. The molecule has 1 rings (SSSR count). The summed E-state index contributed by atoms with van der Waals surface area (Å²) in [5.41, 5.74) is 1.20. The van der Waals surface area contributed by atoms with Gasteiger partial charge in [-0.15, -0.1) is 0 Å². The summed E-state index contributed by atoms with van der Waals surface area (Å²) in [5, 5.41) is 6.53. The highest BCUT2D eigenvalue weighted by atomic mass is 32.2. The van der Waals surface area contributed by atoms with Crippen molar-refractivity contribution in [2.75, 3.05) is 36.2 Å². The largest absolute Gasteiger partial charge is 0.373 e. The SMILES string of the molecule is CCCc1c(NC)ncnc1NCCCSC. The molecule has 0 amide bonds. The third-order valence-electron chi connectivity index (χ3n) is 2.50. The van der Waals surface area contributed by atoms with Crippen LogP contribution >= 0.6 is 11.8 Å². The standard InChI is InChI=1S/C12H22N4S/c1-4-6-10-11(13-2)15-9-16-12(10)14-7-5-8-17-3/h9H,4-8H2,1-3H3,(H2,13,14,15,16). The van der Waals surface area contributed by atoms with Gasteiger partial charge in [-0.1, -0.05) is 13.3 Å². The van der Waals surface area contributed by atoms with Crippen molar-refractivity contribution in [3.05, 3.63) is 11.9 Å². The predicted octanol–water partition coefficient (Wildman–Crippen LogP) is 2.64. The molecule has 0 aromatic carbocycles. The Balaban J connectivity index is 2.68. The molecule has 0 saturated heterocycles. The number of thioether (sulfide) groups is 1. The van der Waals surface area contributed by atoms with E-state index in [4.69, 9.17) is 0 Å². The van der Waals surface area contributed by atoms with E-state index in [1.54, 1.807) is 6.33 Å². The number of aromatic nitrogens is 2. The molecular weight excluding hydrogens is 232 g/mol. The molecule has 17 heavy (non-hydrogen) atoms. The summed E-state index contributed by atoms with van der Waals surface area (Å²) >= 11 is 1.87. The van der Waals surface area contributed by atoms with Gasteiger partial charge in [0.05, 0.1) is 0 Å². The summed E-state index contributed by atoms with van der Waals surface area (Å²) in [4.78, 5) is 8.59. The summed E-state index contributed by atoms with van der Waals surface area (Å²) in [7, 11) is 1.90. The van der Waals surface area contributed by atoms with Gasteiger partial charge in [0.25, 0.3) is 0 Å². The lowest BCUT2D eigenvalue weighted by atomic mass is 10.1. The zero-order valence-corrected chi connectivity index (χ0v) is 11.7. The van der Waals surface area contributed by atoms with Gasteiger partial charge in [-0.3, -0.25) is 0 Å². The molecular formula is C12H22N4S. The molecule has 0 bridgehead atoms. The maximum atomic E-state index is 4.33. The molecule has 4 nitrogen and oxygen atoms in total. The Hall–Kier alpha value is -0.970. The van der Waals surface area contributed by atoms with Crippen LogP contribution in [0.3, 0.4) is 0 Å². The minimum atomic E-state index is 0.939. The molecule has 96 valence electrons. The van der Waals surface area contributed by atoms with E-state index < -0.39 is 0 Å². The van der Waals surface area contributed by atoms with E-state index in [0.29, 0.717) is 0 Å². The van der Waals surface area contributed by atoms with Crippen LogP contribution in [0, 0.1) is 0 Å². The fraction of sp³-hybridized carbons (Fsp3) is 0.667. The number of hydrogen-bond acceptors (Lipinski definition) is 5. The second kappa shape index (κ2) is 8.17. The third-order valence-corrected chi connectivity index (χ3v) is 3.20. The van der Waals surface area contributed by atoms with Crippen LogP contribution in [0.25, 0.3) is 0 Å². The molecule has 0 fully saturated rings. The van der Waals surface area contributed by atoms with Crippen molar-refractivity contribution in [1.29, 1.82) is 0 Å². The summed E-state index contributed by atoms with van der Waals surface area (Å²) in [6, 6.07) is 0. The van der Waals surface area contributed by atoms with E-state index in [0.717, 1.165) is 37.4 Å². The molecule has 0 aliphatic carbocycles. The van der Waals surface area contributed by atoms with Crippen molar-refractivity contribution in [3.8, 4) is 0 Å². The lowest BCUT2D eigenvalue weighted by Gasteiger charge is -2.13. The first-order valence-electron chi connectivity index (χ1n) is 6.07. The smallest absolute Gasteiger partial charge is 0.134 e. The van der Waals surface area contributed by atoms with E-state index in [2.05, 4.69) is 33.8 Å². The Bertz CT molecular complexity index is 330. The van der Waals surface area contributed by atoms with Crippen LogP contribution in [-0.2, 0) is 6.42 Å². The van der Waals surface area contributed by atoms with Gasteiger partial charge in [0.15, 0.2) is 0 Å². The van der Waals surface area contributed by atoms with Gasteiger partial charge in [0.2, 0.25) is 0 Å². The highest BCUT2D eigenvalue weighted by molar-refractivity contribution is 7.98. The lowest BCUT2D eigenvalue weighted by Crippen LogP contribution is -2.10. The first-order chi connectivity index (χ1) is 8.33. The second-order valence-corrected chi connectivity index (χ2v) is 4.81. The van der Waals surface area contributed by atoms with Crippen LogP contribution in [0.5, 0.6) is 0 Å². The summed E-state index contributed by atoms with van der Waals surface area (Å²) in [5.74, 6) is 3.10. The minimum absolute atomic E-state index is 0.939. The maximum absolute atomic E-state index is 4.33. The quantitative estimate of drug-likeness (QED) is 0.698. The van der Waals surface area contributed by atoms with Crippen molar-refractivity contribution in [3.63, 3.8) is 0 Å². The zero-order chi connectivity index (χ0) is 12.5. The van der Waals surface area contributed by atoms with Gasteiger partial charge in [-0.2, -0.15) is 11.8 Å². The minimum Gasteiger partial charge on any atom is -0.373 e. The predicted molar refractivity (Wildman–Crippen MR) is 77.1 cm³/mol. The number of nitrogens with zero attached hydrogens (tertiary/aromatic N) is 2. The van der Waals surface area contributed by atoms with Crippen LogP contribution < -0.4 is 10.6 Å². The highest BCUT2D eigenvalue weighted by Gasteiger charge is 2.08. The van der Waals surface area contributed by atoms with E-state index in [1.165, 1.54) is 11.3 Å². The third kappa shape index (κ3) is 4.42. The van der Waals surface area contributed by atoms with Gasteiger partial charge in [-0.05, 0) is 24.9 Å². The molecule has 1 aromatic rings. The molecule has 1 aromatic heterocycles. The number of rotatable bonds is 8. The van der Waals surface area contributed by atoms with E-state index in [-0.39, 0.29) is 0 Å². The Morgan fingerprint density at radius 2 is 2.06 bits per heavy atom. The van der Waals surface area contributed by atoms with Gasteiger partial charge < -0.3 is 10.6 Å². The summed E-state index contributed by atoms with van der Waals surface area (Å²) in [6.07, 6.45) is 7.00. The van der Waals surface area contributed by atoms with Crippen LogP contribution in [0.4, 0.5) is 11.6 Å². The zero-order valence-electron chi connectivity index (χ0n) is 10.9. The van der Waals surface area contributed by atoms with Gasteiger partial charge in [0, 0.05) is 19.2 Å². The Morgan fingerprint density at radius 1 is 1.29 bits per heavy atom. The normalized spacial score (nSPS) is 10.3. The van der Waals surface area contributed by atoms with Crippen molar-refractivity contribution >= 4 is 23.4 Å². The van der Waals surface area contributed by atoms with Crippen molar-refractivity contribution in [2.45, 2.75) is 26.2 Å². The maximum Gasteiger partial charge on any atom is 0.134 e. The number of nitrogens with one attached hydrogen (secondary N) is 2. The average molecular weight is 254 g/mol. The number of anilines is 2. The molecule has 0 saturated carbocycles. The summed E-state index contributed by atoms with van der Waals surface area (Å²) < 4.78 is 0.